The van der Waals surface area contributed by atoms with Crippen LogP contribution in [0.5, 0.6) is 0 Å². The van der Waals surface area contributed by atoms with Gasteiger partial charge in [0.15, 0.2) is 0 Å². The van der Waals surface area contributed by atoms with Gasteiger partial charge in [-0.3, -0.25) is 0 Å². The third-order valence-corrected chi connectivity index (χ3v) is 3.68. The van der Waals surface area contributed by atoms with Crippen LogP contribution in [-0.4, -0.2) is 22.8 Å². The SMILES string of the molecule is Cn1c(-c2ccccc2)cnc1C1CCOCC1. The molecule has 0 N–H and O–H groups in total. The van der Waals surface area contributed by atoms with Gasteiger partial charge in [-0.25, -0.2) is 4.98 Å². The first-order valence-corrected chi connectivity index (χ1v) is 6.51. The molecule has 1 aromatic heterocycles. The molecule has 3 rings (SSSR count). The van der Waals surface area contributed by atoms with Crippen molar-refractivity contribution < 1.29 is 4.74 Å². The number of benzene rings is 1. The first kappa shape index (κ1) is 11.5. The van der Waals surface area contributed by atoms with E-state index in [1.54, 1.807) is 0 Å². The van der Waals surface area contributed by atoms with Gasteiger partial charge >= 0.3 is 0 Å². The van der Waals surface area contributed by atoms with Crippen molar-refractivity contribution in [2.75, 3.05) is 13.2 Å². The van der Waals surface area contributed by atoms with E-state index in [2.05, 4.69) is 40.9 Å². The summed E-state index contributed by atoms with van der Waals surface area (Å²) in [6.07, 6.45) is 4.15. The topological polar surface area (TPSA) is 27.1 Å². The van der Waals surface area contributed by atoms with Crippen LogP contribution >= 0.6 is 0 Å². The third-order valence-electron chi connectivity index (χ3n) is 3.68. The average molecular weight is 242 g/mol. The Hall–Kier alpha value is -1.61. The van der Waals surface area contributed by atoms with Gasteiger partial charge in [0.1, 0.15) is 5.82 Å². The van der Waals surface area contributed by atoms with Crippen molar-refractivity contribution in [3.8, 4) is 11.3 Å². The molecule has 94 valence electrons. The van der Waals surface area contributed by atoms with Crippen LogP contribution < -0.4 is 0 Å². The first-order chi connectivity index (χ1) is 8.86. The van der Waals surface area contributed by atoms with E-state index in [1.807, 2.05) is 12.3 Å². The molecule has 3 heteroatoms. The molecule has 1 aliphatic rings. The minimum atomic E-state index is 0.543. The summed E-state index contributed by atoms with van der Waals surface area (Å²) in [5.41, 5.74) is 2.42. The molecule has 0 radical (unpaired) electrons. The van der Waals surface area contributed by atoms with Crippen molar-refractivity contribution in [2.24, 2.45) is 7.05 Å². The molecule has 0 aliphatic carbocycles. The number of hydrogen-bond acceptors (Lipinski definition) is 2. The smallest absolute Gasteiger partial charge is 0.112 e. The van der Waals surface area contributed by atoms with Crippen LogP contribution in [0.1, 0.15) is 24.6 Å². The quantitative estimate of drug-likeness (QED) is 0.809. The lowest BCUT2D eigenvalue weighted by Crippen LogP contribution is -2.17. The van der Waals surface area contributed by atoms with Crippen LogP contribution in [0.2, 0.25) is 0 Å². The molecule has 0 unspecified atom stereocenters. The number of hydrogen-bond donors (Lipinski definition) is 0. The Labute approximate surface area is 107 Å². The summed E-state index contributed by atoms with van der Waals surface area (Å²) < 4.78 is 7.64. The van der Waals surface area contributed by atoms with Crippen molar-refractivity contribution in [1.29, 1.82) is 0 Å². The first-order valence-electron chi connectivity index (χ1n) is 6.51. The van der Waals surface area contributed by atoms with Gasteiger partial charge < -0.3 is 9.30 Å². The normalized spacial score (nSPS) is 16.9. The van der Waals surface area contributed by atoms with E-state index in [4.69, 9.17) is 4.74 Å². The molecule has 1 fully saturated rings. The van der Waals surface area contributed by atoms with Crippen molar-refractivity contribution in [3.05, 3.63) is 42.4 Å². The molecular weight excluding hydrogens is 224 g/mol. The summed E-state index contributed by atoms with van der Waals surface area (Å²) in [5, 5.41) is 0. The maximum atomic E-state index is 5.42. The number of ether oxygens (including phenoxy) is 1. The fourth-order valence-electron chi connectivity index (χ4n) is 2.64. The van der Waals surface area contributed by atoms with E-state index in [9.17, 15) is 0 Å². The third kappa shape index (κ3) is 2.06. The lowest BCUT2D eigenvalue weighted by Gasteiger charge is -2.21. The molecule has 18 heavy (non-hydrogen) atoms. The Kier molecular flexibility index (Phi) is 3.15. The molecule has 1 aliphatic heterocycles. The minimum absolute atomic E-state index is 0.543. The number of aromatic nitrogens is 2. The Morgan fingerprint density at radius 1 is 1.17 bits per heavy atom. The summed E-state index contributed by atoms with van der Waals surface area (Å²) in [5.74, 6) is 1.73. The van der Waals surface area contributed by atoms with Crippen molar-refractivity contribution in [3.63, 3.8) is 0 Å². The zero-order chi connectivity index (χ0) is 12.4. The zero-order valence-corrected chi connectivity index (χ0v) is 10.7. The lowest BCUT2D eigenvalue weighted by molar-refractivity contribution is 0.0830. The van der Waals surface area contributed by atoms with Gasteiger partial charge in [-0.15, -0.1) is 0 Å². The predicted octanol–water partition coefficient (Wildman–Crippen LogP) is 2.98. The van der Waals surface area contributed by atoms with Crippen molar-refractivity contribution >= 4 is 0 Å². The van der Waals surface area contributed by atoms with Gasteiger partial charge in [0.25, 0.3) is 0 Å². The second kappa shape index (κ2) is 4.94. The molecular formula is C15H18N2O. The molecule has 2 aromatic rings. The fraction of sp³-hybridized carbons (Fsp3) is 0.400. The highest BCUT2D eigenvalue weighted by atomic mass is 16.5. The molecule has 3 nitrogen and oxygen atoms in total. The van der Waals surface area contributed by atoms with E-state index >= 15 is 0 Å². The van der Waals surface area contributed by atoms with E-state index in [1.165, 1.54) is 17.1 Å². The van der Waals surface area contributed by atoms with Crippen LogP contribution in [0.3, 0.4) is 0 Å². The summed E-state index contributed by atoms with van der Waals surface area (Å²) >= 11 is 0. The molecule has 0 bridgehead atoms. The molecule has 0 atom stereocenters. The van der Waals surface area contributed by atoms with E-state index < -0.39 is 0 Å². The largest absolute Gasteiger partial charge is 0.381 e. The molecule has 1 saturated heterocycles. The predicted molar refractivity (Wildman–Crippen MR) is 71.4 cm³/mol. The highest BCUT2D eigenvalue weighted by molar-refractivity contribution is 5.59. The molecule has 0 amide bonds. The van der Waals surface area contributed by atoms with Crippen LogP contribution in [-0.2, 0) is 11.8 Å². The highest BCUT2D eigenvalue weighted by Crippen LogP contribution is 2.29. The summed E-state index contributed by atoms with van der Waals surface area (Å²) in [6, 6.07) is 10.4. The van der Waals surface area contributed by atoms with Crippen LogP contribution in [0.15, 0.2) is 36.5 Å². The second-order valence-corrected chi connectivity index (χ2v) is 4.81. The summed E-state index contributed by atoms with van der Waals surface area (Å²) in [4.78, 5) is 4.62. The molecule has 0 spiro atoms. The number of nitrogens with zero attached hydrogens (tertiary/aromatic N) is 2. The van der Waals surface area contributed by atoms with E-state index in [-0.39, 0.29) is 0 Å². The van der Waals surface area contributed by atoms with Crippen LogP contribution in [0, 0.1) is 0 Å². The fourth-order valence-corrected chi connectivity index (χ4v) is 2.64. The van der Waals surface area contributed by atoms with Crippen molar-refractivity contribution in [1.82, 2.24) is 9.55 Å². The Morgan fingerprint density at radius 3 is 2.61 bits per heavy atom. The average Bonchev–Trinajstić information content (AvgIpc) is 2.83. The Balaban J connectivity index is 1.92. The lowest BCUT2D eigenvalue weighted by atomic mass is 9.99. The minimum Gasteiger partial charge on any atom is -0.381 e. The Bertz CT molecular complexity index is 513. The number of imidazole rings is 1. The van der Waals surface area contributed by atoms with Gasteiger partial charge in [-0.05, 0) is 18.4 Å². The van der Waals surface area contributed by atoms with Gasteiger partial charge in [0.2, 0.25) is 0 Å². The van der Waals surface area contributed by atoms with Crippen LogP contribution in [0.4, 0.5) is 0 Å². The highest BCUT2D eigenvalue weighted by Gasteiger charge is 2.21. The van der Waals surface area contributed by atoms with E-state index in [0.29, 0.717) is 5.92 Å². The van der Waals surface area contributed by atoms with E-state index in [0.717, 1.165) is 26.1 Å². The van der Waals surface area contributed by atoms with Gasteiger partial charge in [0.05, 0.1) is 11.9 Å². The van der Waals surface area contributed by atoms with Crippen molar-refractivity contribution in [2.45, 2.75) is 18.8 Å². The van der Waals surface area contributed by atoms with Gasteiger partial charge in [-0.1, -0.05) is 30.3 Å². The summed E-state index contributed by atoms with van der Waals surface area (Å²) in [6.45, 7) is 1.72. The molecule has 2 heterocycles. The van der Waals surface area contributed by atoms with Gasteiger partial charge in [0, 0.05) is 26.2 Å². The second-order valence-electron chi connectivity index (χ2n) is 4.81. The monoisotopic (exact) mass is 242 g/mol. The Morgan fingerprint density at radius 2 is 1.89 bits per heavy atom. The standard InChI is InChI=1S/C15H18N2O/c1-17-14(12-5-3-2-4-6-12)11-16-15(17)13-7-9-18-10-8-13/h2-6,11,13H,7-10H2,1H3. The van der Waals surface area contributed by atoms with Crippen LogP contribution in [0.25, 0.3) is 11.3 Å². The zero-order valence-electron chi connectivity index (χ0n) is 10.7. The number of rotatable bonds is 2. The molecule has 1 aromatic carbocycles. The maximum absolute atomic E-state index is 5.42. The summed E-state index contributed by atoms with van der Waals surface area (Å²) in [7, 11) is 2.11. The maximum Gasteiger partial charge on any atom is 0.112 e. The molecule has 0 saturated carbocycles. The van der Waals surface area contributed by atoms with Gasteiger partial charge in [-0.2, -0.15) is 0 Å².